The fourth-order valence-corrected chi connectivity index (χ4v) is 11.6. The van der Waals surface area contributed by atoms with E-state index in [1.165, 1.54) is 199 Å². The molecule has 0 fully saturated rings. The van der Waals surface area contributed by atoms with Gasteiger partial charge < -0.3 is 0 Å². The van der Waals surface area contributed by atoms with Gasteiger partial charge in [-0.05, 0) is 299 Å². The van der Waals surface area contributed by atoms with Crippen molar-refractivity contribution in [3.8, 4) is 0 Å². The number of aryl methyl sites for hydroxylation is 14. The molecule has 341 valence electrons. The van der Waals surface area contributed by atoms with E-state index in [-0.39, 0.29) is 98.1 Å². The molecule has 8 aromatic carbocycles. The van der Waals surface area contributed by atoms with Crippen LogP contribution in [-0.4, -0.2) is 0 Å². The van der Waals surface area contributed by atoms with Crippen molar-refractivity contribution in [3.63, 3.8) is 0 Å². The van der Waals surface area contributed by atoms with Crippen molar-refractivity contribution < 1.29 is 98.1 Å². The van der Waals surface area contributed by atoms with Gasteiger partial charge in [-0.1, -0.05) is 47.2 Å². The van der Waals surface area contributed by atoms with Gasteiger partial charge in [0, 0.05) is 98.1 Å². The van der Waals surface area contributed by atoms with Crippen molar-refractivity contribution in [2.45, 2.75) is 180 Å². The summed E-state index contributed by atoms with van der Waals surface area (Å²) in [5, 5.41) is 14.7. The van der Waals surface area contributed by atoms with E-state index in [9.17, 15) is 0 Å². The molecule has 0 bridgehead atoms. The number of fused-ring (bicyclic) bond motifs is 7. The molecule has 0 aliphatic carbocycles. The molecular weight excluding hydrogens is 1020 g/mol. The van der Waals surface area contributed by atoms with Gasteiger partial charge in [0.05, 0.1) is 0 Å². The minimum atomic E-state index is 0. The molecule has 8 rings (SSSR count). The first-order valence-corrected chi connectivity index (χ1v) is 23.6. The predicted octanol–water partition coefficient (Wildman–Crippen LogP) is 18.6. The Morgan fingerprint density at radius 3 is 0.455 bits per heavy atom. The standard InChI is InChI=1S/C24H30.C21H25.C18H24.3Y/c1-11-13(3)17(7)23-21(15(11)5)19(9)20(10)22-16(6)12(2)14(4)18(8)24(22)23;1-10-12(3)16(7)20-18(14(10)5)9-19-15(6)11(2)13(4)17(8)21(19)20;1-9-10(2)14(6)18-16(8)12(4)11(3)15(7)17(18)13(9)5;;;/h1-10H3;9H,1-8H3;1-8H3;;;/q;-1;;;;. The van der Waals surface area contributed by atoms with Crippen molar-refractivity contribution in [1.29, 1.82) is 0 Å². The number of benzene rings is 7. The zero-order valence-corrected chi connectivity index (χ0v) is 54.8. The molecule has 8 aromatic rings. The summed E-state index contributed by atoms with van der Waals surface area (Å²) in [6.07, 6.45) is 0. The minimum absolute atomic E-state index is 0. The first-order chi connectivity index (χ1) is 29.2. The summed E-state index contributed by atoms with van der Waals surface area (Å²) in [7, 11) is 0. The van der Waals surface area contributed by atoms with Gasteiger partial charge in [-0.3, -0.25) is 0 Å². The molecule has 0 aliphatic heterocycles. The zero-order chi connectivity index (χ0) is 47.5. The fourth-order valence-electron chi connectivity index (χ4n) is 11.6. The third kappa shape index (κ3) is 8.95. The Balaban J connectivity index is 0.000000259. The van der Waals surface area contributed by atoms with Gasteiger partial charge >= 0.3 is 0 Å². The van der Waals surface area contributed by atoms with Crippen LogP contribution in [0, 0.1) is 180 Å². The molecular formula is C63H79Y3-. The third-order valence-corrected chi connectivity index (χ3v) is 18.1. The van der Waals surface area contributed by atoms with E-state index in [0.29, 0.717) is 0 Å². The van der Waals surface area contributed by atoms with Crippen LogP contribution in [0.4, 0.5) is 0 Å². The summed E-state index contributed by atoms with van der Waals surface area (Å²) in [5.41, 5.74) is 37.7. The summed E-state index contributed by atoms with van der Waals surface area (Å²) >= 11 is 0. The van der Waals surface area contributed by atoms with Gasteiger partial charge in [0.1, 0.15) is 0 Å². The zero-order valence-electron chi connectivity index (χ0n) is 46.3. The molecule has 0 unspecified atom stereocenters. The Morgan fingerprint density at radius 2 is 0.258 bits per heavy atom. The van der Waals surface area contributed by atoms with Gasteiger partial charge in [-0.2, -0.15) is 0 Å². The fraction of sp³-hybridized carbons (Fsp3) is 0.413. The maximum Gasteiger partial charge on any atom is 0 e. The second-order valence-corrected chi connectivity index (χ2v) is 20.2. The summed E-state index contributed by atoms with van der Waals surface area (Å²) in [5.74, 6) is 0. The van der Waals surface area contributed by atoms with Crippen LogP contribution >= 0.6 is 0 Å². The van der Waals surface area contributed by atoms with E-state index >= 15 is 0 Å². The number of rotatable bonds is 0. The summed E-state index contributed by atoms with van der Waals surface area (Å²) in [6.45, 7) is 59.2. The van der Waals surface area contributed by atoms with Gasteiger partial charge in [-0.25, -0.2) is 0 Å². The second-order valence-electron chi connectivity index (χ2n) is 20.2. The van der Waals surface area contributed by atoms with E-state index in [4.69, 9.17) is 0 Å². The first kappa shape index (κ1) is 58.8. The summed E-state index contributed by atoms with van der Waals surface area (Å²) < 4.78 is 0. The van der Waals surface area contributed by atoms with Crippen LogP contribution in [0.5, 0.6) is 0 Å². The molecule has 66 heavy (non-hydrogen) atoms. The summed E-state index contributed by atoms with van der Waals surface area (Å²) in [4.78, 5) is 0. The van der Waals surface area contributed by atoms with Gasteiger partial charge in [0.15, 0.2) is 0 Å². The molecule has 0 saturated carbocycles. The van der Waals surface area contributed by atoms with Crippen LogP contribution in [0.3, 0.4) is 0 Å². The average Bonchev–Trinajstić information content (AvgIpc) is 3.67. The molecule has 0 amide bonds. The molecule has 0 aromatic heterocycles. The van der Waals surface area contributed by atoms with Gasteiger partial charge in [-0.15, -0.1) is 38.7 Å². The second kappa shape index (κ2) is 21.5. The van der Waals surface area contributed by atoms with E-state index in [1.54, 1.807) is 0 Å². The van der Waals surface area contributed by atoms with E-state index in [0.717, 1.165) is 0 Å². The maximum absolute atomic E-state index is 2.42. The van der Waals surface area contributed by atoms with Crippen LogP contribution in [0.25, 0.3) is 53.9 Å². The van der Waals surface area contributed by atoms with Crippen molar-refractivity contribution in [3.05, 3.63) is 151 Å². The third-order valence-electron chi connectivity index (χ3n) is 18.1. The summed E-state index contributed by atoms with van der Waals surface area (Å²) in [6, 6.07) is 2.42. The Morgan fingerprint density at radius 1 is 0.136 bits per heavy atom. The molecule has 0 atom stereocenters. The molecule has 0 N–H and O–H groups in total. The SMILES string of the molecule is Cc1c(C)c(C)c2c(C)c(C)c(C)c(C)c2c1C.Cc1c(C)c(C)c2c([cH-]c3c(C)c(C)c(C)c(C)c32)c1C.Cc1c(C)c(C)c2c(c1C)c(C)c(C)c1c(C)c(C)c(C)c(C)c12.[Y].[Y].[Y]. The van der Waals surface area contributed by atoms with Crippen molar-refractivity contribution in [2.24, 2.45) is 0 Å². The number of hydrogen-bond donors (Lipinski definition) is 0. The molecule has 0 heterocycles. The van der Waals surface area contributed by atoms with E-state index in [2.05, 4.69) is 186 Å². The van der Waals surface area contributed by atoms with Crippen LogP contribution in [0.15, 0.2) is 6.07 Å². The van der Waals surface area contributed by atoms with Crippen molar-refractivity contribution in [2.75, 3.05) is 0 Å². The number of hydrogen-bond acceptors (Lipinski definition) is 0. The van der Waals surface area contributed by atoms with Crippen LogP contribution in [-0.2, 0) is 98.1 Å². The first-order valence-electron chi connectivity index (χ1n) is 23.6. The molecule has 3 heteroatoms. The Labute approximate surface area is 477 Å². The normalized spacial score (nSPS) is 11.1. The Bertz CT molecular complexity index is 3030. The molecule has 0 saturated heterocycles. The largest absolute Gasteiger partial charge is 0.126 e. The topological polar surface area (TPSA) is 0 Å². The van der Waals surface area contributed by atoms with Crippen LogP contribution in [0.1, 0.15) is 145 Å². The Kier molecular flexibility index (Phi) is 19.1. The molecule has 0 nitrogen and oxygen atoms in total. The van der Waals surface area contributed by atoms with Gasteiger partial charge in [0.25, 0.3) is 0 Å². The average molecular weight is 1100 g/mol. The van der Waals surface area contributed by atoms with Crippen molar-refractivity contribution in [1.82, 2.24) is 0 Å². The molecule has 0 aliphatic rings. The van der Waals surface area contributed by atoms with Gasteiger partial charge in [0.2, 0.25) is 0 Å². The van der Waals surface area contributed by atoms with E-state index < -0.39 is 0 Å². The maximum atomic E-state index is 2.42. The van der Waals surface area contributed by atoms with Crippen LogP contribution < -0.4 is 0 Å². The Hall–Kier alpha value is -1.50. The quantitative estimate of drug-likeness (QED) is 0.105. The minimum Gasteiger partial charge on any atom is -0.126 e. The predicted molar refractivity (Wildman–Crippen MR) is 286 cm³/mol. The monoisotopic (exact) mass is 1100 g/mol. The smallest absolute Gasteiger partial charge is 0 e. The van der Waals surface area contributed by atoms with Crippen molar-refractivity contribution >= 4 is 53.9 Å². The van der Waals surface area contributed by atoms with Crippen LogP contribution in [0.2, 0.25) is 0 Å². The molecule has 3 radical (unpaired) electrons. The molecule has 0 spiro atoms. The van der Waals surface area contributed by atoms with E-state index in [1.807, 2.05) is 0 Å².